The highest BCUT2D eigenvalue weighted by atomic mass is 16.3. The van der Waals surface area contributed by atoms with E-state index in [0.717, 1.165) is 38.4 Å². The zero-order valence-corrected chi connectivity index (χ0v) is 8.20. The van der Waals surface area contributed by atoms with Gasteiger partial charge in [0, 0.05) is 0 Å². The summed E-state index contributed by atoms with van der Waals surface area (Å²) in [5.74, 6) is 1.03. The number of rotatable bonds is 6. The van der Waals surface area contributed by atoms with E-state index in [1.165, 1.54) is 0 Å². The molecule has 0 saturated carbocycles. The average molecular weight is 182 g/mol. The van der Waals surface area contributed by atoms with Crippen molar-refractivity contribution in [2.75, 3.05) is 19.6 Å². The summed E-state index contributed by atoms with van der Waals surface area (Å²) in [5, 5.41) is 0. The van der Waals surface area contributed by atoms with Crippen LogP contribution in [0.5, 0.6) is 0 Å². The van der Waals surface area contributed by atoms with Gasteiger partial charge in [-0.15, -0.1) is 0 Å². The van der Waals surface area contributed by atoms with Gasteiger partial charge in [-0.2, -0.15) is 0 Å². The zero-order chi connectivity index (χ0) is 9.52. The second kappa shape index (κ2) is 5.78. The molecule has 2 N–H and O–H groups in total. The van der Waals surface area contributed by atoms with Crippen molar-refractivity contribution in [2.45, 2.75) is 19.9 Å². The predicted octanol–water partition coefficient (Wildman–Crippen LogP) is 1.45. The van der Waals surface area contributed by atoms with Gasteiger partial charge in [-0.05, 0) is 38.2 Å². The number of hydrogen-bond donors (Lipinski definition) is 1. The monoisotopic (exact) mass is 182 g/mol. The highest BCUT2D eigenvalue weighted by Gasteiger charge is 2.04. The van der Waals surface area contributed by atoms with E-state index >= 15 is 0 Å². The molecule has 0 aliphatic rings. The van der Waals surface area contributed by atoms with E-state index in [9.17, 15) is 0 Å². The van der Waals surface area contributed by atoms with Gasteiger partial charge in [0.1, 0.15) is 5.76 Å². The van der Waals surface area contributed by atoms with Gasteiger partial charge < -0.3 is 10.2 Å². The normalized spacial score (nSPS) is 11.0. The van der Waals surface area contributed by atoms with E-state index in [0.29, 0.717) is 0 Å². The third-order valence-corrected chi connectivity index (χ3v) is 2.09. The molecule has 0 saturated heterocycles. The highest BCUT2D eigenvalue weighted by molar-refractivity contribution is 4.97. The first kappa shape index (κ1) is 10.3. The third kappa shape index (κ3) is 3.61. The van der Waals surface area contributed by atoms with Crippen LogP contribution in [0.3, 0.4) is 0 Å². The largest absolute Gasteiger partial charge is 0.468 e. The Morgan fingerprint density at radius 2 is 2.38 bits per heavy atom. The van der Waals surface area contributed by atoms with Gasteiger partial charge in [0.2, 0.25) is 0 Å². The summed E-state index contributed by atoms with van der Waals surface area (Å²) in [6.07, 6.45) is 2.76. The number of hydrogen-bond acceptors (Lipinski definition) is 3. The van der Waals surface area contributed by atoms with E-state index in [1.54, 1.807) is 6.26 Å². The van der Waals surface area contributed by atoms with Crippen LogP contribution in [0, 0.1) is 0 Å². The molecule has 0 fully saturated rings. The summed E-state index contributed by atoms with van der Waals surface area (Å²) in [6, 6.07) is 3.93. The molecule has 0 atom stereocenters. The molecule has 3 nitrogen and oxygen atoms in total. The molecule has 1 heterocycles. The van der Waals surface area contributed by atoms with Crippen molar-refractivity contribution >= 4 is 0 Å². The Labute approximate surface area is 79.5 Å². The molecule has 1 aromatic heterocycles. The van der Waals surface area contributed by atoms with Crippen LogP contribution in [0.4, 0.5) is 0 Å². The first-order valence-corrected chi connectivity index (χ1v) is 4.81. The molecule has 0 unspecified atom stereocenters. The molecule has 0 aliphatic heterocycles. The fourth-order valence-corrected chi connectivity index (χ4v) is 1.29. The lowest BCUT2D eigenvalue weighted by atomic mass is 10.3. The lowest BCUT2D eigenvalue weighted by Crippen LogP contribution is -2.25. The van der Waals surface area contributed by atoms with E-state index in [1.807, 2.05) is 12.1 Å². The first-order chi connectivity index (χ1) is 6.36. The number of nitrogens with zero attached hydrogens (tertiary/aromatic N) is 1. The van der Waals surface area contributed by atoms with Crippen LogP contribution in [0.15, 0.2) is 22.8 Å². The van der Waals surface area contributed by atoms with Crippen LogP contribution >= 0.6 is 0 Å². The molecule has 0 aromatic carbocycles. The molecule has 1 rings (SSSR count). The van der Waals surface area contributed by atoms with Gasteiger partial charge >= 0.3 is 0 Å². The second-order valence-electron chi connectivity index (χ2n) is 3.09. The van der Waals surface area contributed by atoms with Crippen molar-refractivity contribution in [2.24, 2.45) is 5.73 Å². The summed E-state index contributed by atoms with van der Waals surface area (Å²) in [5.41, 5.74) is 5.45. The first-order valence-electron chi connectivity index (χ1n) is 4.81. The number of nitrogens with two attached hydrogens (primary N) is 1. The minimum Gasteiger partial charge on any atom is -0.468 e. The highest BCUT2D eigenvalue weighted by Crippen LogP contribution is 2.05. The third-order valence-electron chi connectivity index (χ3n) is 2.09. The lowest BCUT2D eigenvalue weighted by molar-refractivity contribution is 0.254. The number of furan rings is 1. The summed E-state index contributed by atoms with van der Waals surface area (Å²) >= 11 is 0. The quantitative estimate of drug-likeness (QED) is 0.724. The molecule has 74 valence electrons. The van der Waals surface area contributed by atoms with Crippen LogP contribution in [0.1, 0.15) is 19.1 Å². The Morgan fingerprint density at radius 3 is 2.92 bits per heavy atom. The molecular formula is C10H18N2O. The maximum atomic E-state index is 5.45. The maximum absolute atomic E-state index is 5.45. The van der Waals surface area contributed by atoms with Crippen molar-refractivity contribution in [3.05, 3.63) is 24.2 Å². The molecule has 3 heteroatoms. The van der Waals surface area contributed by atoms with Gasteiger partial charge in [0.15, 0.2) is 0 Å². The summed E-state index contributed by atoms with van der Waals surface area (Å²) in [4.78, 5) is 2.33. The smallest absolute Gasteiger partial charge is 0.117 e. The minimum absolute atomic E-state index is 0.759. The summed E-state index contributed by atoms with van der Waals surface area (Å²) in [7, 11) is 0. The van der Waals surface area contributed by atoms with Gasteiger partial charge in [-0.25, -0.2) is 0 Å². The van der Waals surface area contributed by atoms with Gasteiger partial charge in [0.05, 0.1) is 12.8 Å². The standard InChI is InChI=1S/C10H18N2O/c1-2-12(7-4-6-11)9-10-5-3-8-13-10/h3,5,8H,2,4,6-7,9,11H2,1H3. The predicted molar refractivity (Wildman–Crippen MR) is 53.3 cm³/mol. The van der Waals surface area contributed by atoms with Crippen LogP contribution in [0.2, 0.25) is 0 Å². The van der Waals surface area contributed by atoms with E-state index in [2.05, 4.69) is 11.8 Å². The average Bonchev–Trinajstić information content (AvgIpc) is 2.64. The molecule has 13 heavy (non-hydrogen) atoms. The molecular weight excluding hydrogens is 164 g/mol. The lowest BCUT2D eigenvalue weighted by Gasteiger charge is -2.18. The van der Waals surface area contributed by atoms with Gasteiger partial charge in [0.25, 0.3) is 0 Å². The summed E-state index contributed by atoms with van der Waals surface area (Å²) in [6.45, 7) is 5.89. The van der Waals surface area contributed by atoms with Crippen molar-refractivity contribution in [3.63, 3.8) is 0 Å². The van der Waals surface area contributed by atoms with Gasteiger partial charge in [-0.1, -0.05) is 6.92 Å². The fourth-order valence-electron chi connectivity index (χ4n) is 1.29. The topological polar surface area (TPSA) is 42.4 Å². The second-order valence-corrected chi connectivity index (χ2v) is 3.09. The van der Waals surface area contributed by atoms with E-state index < -0.39 is 0 Å². The van der Waals surface area contributed by atoms with Crippen molar-refractivity contribution in [1.29, 1.82) is 0 Å². The maximum Gasteiger partial charge on any atom is 0.117 e. The minimum atomic E-state index is 0.759. The van der Waals surface area contributed by atoms with Crippen molar-refractivity contribution < 1.29 is 4.42 Å². The van der Waals surface area contributed by atoms with E-state index in [-0.39, 0.29) is 0 Å². The molecule has 0 amide bonds. The molecule has 0 aliphatic carbocycles. The van der Waals surface area contributed by atoms with Crippen molar-refractivity contribution in [1.82, 2.24) is 4.90 Å². The Bertz CT molecular complexity index is 209. The Hall–Kier alpha value is -0.800. The Balaban J connectivity index is 2.31. The van der Waals surface area contributed by atoms with Crippen LogP contribution in [-0.2, 0) is 6.54 Å². The van der Waals surface area contributed by atoms with Crippen LogP contribution < -0.4 is 5.73 Å². The zero-order valence-electron chi connectivity index (χ0n) is 8.20. The molecule has 0 bridgehead atoms. The van der Waals surface area contributed by atoms with Crippen LogP contribution in [0.25, 0.3) is 0 Å². The van der Waals surface area contributed by atoms with Gasteiger partial charge in [-0.3, -0.25) is 4.90 Å². The van der Waals surface area contributed by atoms with E-state index in [4.69, 9.17) is 10.2 Å². The fraction of sp³-hybridized carbons (Fsp3) is 0.600. The summed E-state index contributed by atoms with van der Waals surface area (Å²) < 4.78 is 5.27. The molecule has 0 spiro atoms. The Kier molecular flexibility index (Phi) is 4.57. The molecule has 1 aromatic rings. The SMILES string of the molecule is CCN(CCCN)Cc1ccco1. The van der Waals surface area contributed by atoms with Crippen molar-refractivity contribution in [3.8, 4) is 0 Å². The Morgan fingerprint density at radius 1 is 1.54 bits per heavy atom. The molecule has 0 radical (unpaired) electrons. The van der Waals surface area contributed by atoms with Crippen LogP contribution in [-0.4, -0.2) is 24.5 Å².